The van der Waals surface area contributed by atoms with Gasteiger partial charge < -0.3 is 4.42 Å². The standard InChI is InChI=1S/C24H23NO2S/c1-24(2,3)18-7-5-6-17(14-18)20-12-13-25-21-15-22(27-23(20)21)16-8-10-19(11-9-16)28(4)26/h5-15H,1-4H3. The molecule has 0 fully saturated rings. The van der Waals surface area contributed by atoms with Crippen LogP contribution in [0.2, 0.25) is 0 Å². The number of fused-ring (bicyclic) bond motifs is 1. The molecule has 0 aliphatic rings. The van der Waals surface area contributed by atoms with E-state index in [0.29, 0.717) is 0 Å². The molecule has 2 heterocycles. The summed E-state index contributed by atoms with van der Waals surface area (Å²) in [5, 5.41) is 0. The van der Waals surface area contributed by atoms with Gasteiger partial charge in [0.2, 0.25) is 0 Å². The molecule has 4 aromatic rings. The van der Waals surface area contributed by atoms with Crippen molar-refractivity contribution in [2.24, 2.45) is 0 Å². The quantitative estimate of drug-likeness (QED) is 0.419. The highest BCUT2D eigenvalue weighted by Gasteiger charge is 2.16. The lowest BCUT2D eigenvalue weighted by Crippen LogP contribution is -2.10. The van der Waals surface area contributed by atoms with Crippen LogP contribution in [0.4, 0.5) is 0 Å². The molecule has 28 heavy (non-hydrogen) atoms. The minimum atomic E-state index is -0.990. The maximum Gasteiger partial charge on any atom is 0.161 e. The van der Waals surface area contributed by atoms with E-state index in [1.165, 1.54) is 5.56 Å². The van der Waals surface area contributed by atoms with Crippen molar-refractivity contribution >= 4 is 21.9 Å². The zero-order valence-corrected chi connectivity index (χ0v) is 17.3. The van der Waals surface area contributed by atoms with Gasteiger partial charge in [-0.1, -0.05) is 57.2 Å². The molecule has 0 spiro atoms. The Balaban J connectivity index is 1.81. The van der Waals surface area contributed by atoms with Crippen molar-refractivity contribution in [2.75, 3.05) is 6.26 Å². The average molecular weight is 390 g/mol. The van der Waals surface area contributed by atoms with Gasteiger partial charge in [0.25, 0.3) is 0 Å². The Bertz CT molecular complexity index is 1170. The monoisotopic (exact) mass is 389 g/mol. The highest BCUT2D eigenvalue weighted by atomic mass is 32.2. The molecule has 0 radical (unpaired) electrons. The van der Waals surface area contributed by atoms with Gasteiger partial charge >= 0.3 is 0 Å². The molecule has 4 heteroatoms. The van der Waals surface area contributed by atoms with E-state index in [-0.39, 0.29) is 5.41 Å². The molecule has 0 saturated carbocycles. The second kappa shape index (κ2) is 7.02. The first-order valence-electron chi connectivity index (χ1n) is 9.26. The zero-order valence-electron chi connectivity index (χ0n) is 16.5. The van der Waals surface area contributed by atoms with Gasteiger partial charge in [0.15, 0.2) is 5.58 Å². The van der Waals surface area contributed by atoms with Gasteiger partial charge in [-0.2, -0.15) is 0 Å². The van der Waals surface area contributed by atoms with Crippen molar-refractivity contribution in [1.82, 2.24) is 4.98 Å². The molecular weight excluding hydrogens is 366 g/mol. The predicted octanol–water partition coefficient (Wildman–Crippen LogP) is 6.20. The van der Waals surface area contributed by atoms with Crippen LogP contribution in [0.15, 0.2) is 76.2 Å². The number of hydrogen-bond acceptors (Lipinski definition) is 3. The molecule has 2 aromatic heterocycles. The molecule has 4 rings (SSSR count). The lowest BCUT2D eigenvalue weighted by Gasteiger charge is -2.19. The van der Waals surface area contributed by atoms with Crippen LogP contribution in [-0.4, -0.2) is 15.4 Å². The summed E-state index contributed by atoms with van der Waals surface area (Å²) in [5.41, 5.74) is 6.08. The van der Waals surface area contributed by atoms with Crippen LogP contribution in [0.5, 0.6) is 0 Å². The van der Waals surface area contributed by atoms with Crippen LogP contribution >= 0.6 is 0 Å². The minimum absolute atomic E-state index is 0.0809. The number of aromatic nitrogens is 1. The summed E-state index contributed by atoms with van der Waals surface area (Å²) in [6.45, 7) is 6.64. The van der Waals surface area contributed by atoms with Crippen molar-refractivity contribution in [3.05, 3.63) is 72.4 Å². The van der Waals surface area contributed by atoms with E-state index in [0.717, 1.165) is 38.4 Å². The second-order valence-electron chi connectivity index (χ2n) is 7.99. The Kier molecular flexibility index (Phi) is 4.68. The summed E-state index contributed by atoms with van der Waals surface area (Å²) >= 11 is 0. The van der Waals surface area contributed by atoms with Crippen LogP contribution in [0.25, 0.3) is 33.6 Å². The normalized spacial score (nSPS) is 13.0. The van der Waals surface area contributed by atoms with E-state index < -0.39 is 10.8 Å². The molecule has 0 bridgehead atoms. The van der Waals surface area contributed by atoms with Gasteiger partial charge in [-0.25, -0.2) is 0 Å². The molecular formula is C24H23NO2S. The summed E-state index contributed by atoms with van der Waals surface area (Å²) < 4.78 is 17.8. The Labute approximate surface area is 167 Å². The number of pyridine rings is 1. The largest absolute Gasteiger partial charge is 0.454 e. The van der Waals surface area contributed by atoms with Crippen LogP contribution in [-0.2, 0) is 16.2 Å². The van der Waals surface area contributed by atoms with Crippen molar-refractivity contribution in [2.45, 2.75) is 31.1 Å². The fourth-order valence-electron chi connectivity index (χ4n) is 3.27. The lowest BCUT2D eigenvalue weighted by molar-refractivity contribution is 0.590. The summed E-state index contributed by atoms with van der Waals surface area (Å²) in [5.74, 6) is 0.760. The molecule has 3 nitrogen and oxygen atoms in total. The van der Waals surface area contributed by atoms with Crippen molar-refractivity contribution in [1.29, 1.82) is 0 Å². The molecule has 0 saturated heterocycles. The number of nitrogens with zero attached hydrogens (tertiary/aromatic N) is 1. The molecule has 0 aliphatic carbocycles. The third-order valence-corrected chi connectivity index (χ3v) is 5.86. The fraction of sp³-hybridized carbons (Fsp3) is 0.208. The van der Waals surface area contributed by atoms with E-state index >= 15 is 0 Å². The van der Waals surface area contributed by atoms with Crippen molar-refractivity contribution in [3.8, 4) is 22.5 Å². The highest BCUT2D eigenvalue weighted by molar-refractivity contribution is 7.84. The zero-order chi connectivity index (χ0) is 19.9. The topological polar surface area (TPSA) is 43.1 Å². The van der Waals surface area contributed by atoms with E-state index in [1.54, 1.807) is 6.26 Å². The SMILES string of the molecule is CS(=O)c1ccc(-c2cc3nccc(-c4cccc(C(C)(C)C)c4)c3o2)cc1. The van der Waals surface area contributed by atoms with Gasteiger partial charge in [0.1, 0.15) is 11.3 Å². The van der Waals surface area contributed by atoms with Crippen molar-refractivity contribution in [3.63, 3.8) is 0 Å². The first kappa shape index (κ1) is 18.6. The number of benzene rings is 2. The molecule has 0 amide bonds. The molecule has 1 unspecified atom stereocenters. The second-order valence-corrected chi connectivity index (χ2v) is 9.37. The van der Waals surface area contributed by atoms with Gasteiger partial charge in [0, 0.05) is 45.3 Å². The first-order chi connectivity index (χ1) is 13.3. The Morgan fingerprint density at radius 3 is 2.36 bits per heavy atom. The third kappa shape index (κ3) is 3.52. The van der Waals surface area contributed by atoms with Gasteiger partial charge in [-0.05, 0) is 34.7 Å². The molecule has 2 aromatic carbocycles. The molecule has 1 atom stereocenters. The van der Waals surface area contributed by atoms with E-state index in [9.17, 15) is 4.21 Å². The number of hydrogen-bond donors (Lipinski definition) is 0. The van der Waals surface area contributed by atoms with Gasteiger partial charge in [-0.15, -0.1) is 0 Å². The Morgan fingerprint density at radius 2 is 1.68 bits per heavy atom. The molecule has 142 valence electrons. The van der Waals surface area contributed by atoms with Crippen LogP contribution in [0, 0.1) is 0 Å². The third-order valence-electron chi connectivity index (χ3n) is 4.92. The predicted molar refractivity (Wildman–Crippen MR) is 116 cm³/mol. The van der Waals surface area contributed by atoms with Crippen LogP contribution in [0.3, 0.4) is 0 Å². The van der Waals surface area contributed by atoms with Gasteiger partial charge in [0.05, 0.1) is 0 Å². The summed E-state index contributed by atoms with van der Waals surface area (Å²) in [6, 6.07) is 20.2. The highest BCUT2D eigenvalue weighted by Crippen LogP contribution is 2.35. The number of rotatable bonds is 3. The summed E-state index contributed by atoms with van der Waals surface area (Å²) in [7, 11) is -0.990. The number of furan rings is 1. The molecule has 0 N–H and O–H groups in total. The average Bonchev–Trinajstić information content (AvgIpc) is 3.12. The van der Waals surface area contributed by atoms with Crippen molar-refractivity contribution < 1.29 is 8.63 Å². The molecule has 0 aliphatic heterocycles. The first-order valence-corrected chi connectivity index (χ1v) is 10.8. The maximum atomic E-state index is 11.6. The van der Waals surface area contributed by atoms with E-state index in [4.69, 9.17) is 4.42 Å². The maximum absolute atomic E-state index is 11.6. The smallest absolute Gasteiger partial charge is 0.161 e. The van der Waals surface area contributed by atoms with Crippen LogP contribution in [0.1, 0.15) is 26.3 Å². The summed E-state index contributed by atoms with van der Waals surface area (Å²) in [4.78, 5) is 5.29. The minimum Gasteiger partial charge on any atom is -0.454 e. The Morgan fingerprint density at radius 1 is 0.929 bits per heavy atom. The van der Waals surface area contributed by atoms with Gasteiger partial charge in [-0.3, -0.25) is 9.19 Å². The van der Waals surface area contributed by atoms with E-state index in [2.05, 4.69) is 50.0 Å². The van der Waals surface area contributed by atoms with Crippen LogP contribution < -0.4 is 0 Å². The Hall–Kier alpha value is -2.72. The van der Waals surface area contributed by atoms with E-state index in [1.807, 2.05) is 42.6 Å². The summed E-state index contributed by atoms with van der Waals surface area (Å²) in [6.07, 6.45) is 3.50. The lowest BCUT2D eigenvalue weighted by atomic mass is 9.85. The fourth-order valence-corrected chi connectivity index (χ4v) is 3.79.